The summed E-state index contributed by atoms with van der Waals surface area (Å²) in [5.41, 5.74) is 0. The van der Waals surface area contributed by atoms with Crippen molar-refractivity contribution in [2.24, 2.45) is 0 Å². The Labute approximate surface area is 108 Å². The predicted octanol–water partition coefficient (Wildman–Crippen LogP) is 0.533. The Morgan fingerprint density at radius 1 is 0.824 bits per heavy atom. The molecule has 0 aromatic rings. The molecule has 0 saturated heterocycles. The molecule has 0 heterocycles. The lowest BCUT2D eigenvalue weighted by atomic mass is 10.7. The highest BCUT2D eigenvalue weighted by atomic mass is 28.4. The van der Waals surface area contributed by atoms with Crippen LogP contribution in [-0.4, -0.2) is 65.1 Å². The molecule has 0 aromatic heterocycles. The van der Waals surface area contributed by atoms with Crippen LogP contribution in [0.25, 0.3) is 0 Å². The molecule has 0 aliphatic carbocycles. The van der Waals surface area contributed by atoms with Gasteiger partial charge in [-0.05, 0) is 19.6 Å². The van der Waals surface area contributed by atoms with Gasteiger partial charge < -0.3 is 22.8 Å². The van der Waals surface area contributed by atoms with E-state index in [1.807, 2.05) is 0 Å². The van der Waals surface area contributed by atoms with Gasteiger partial charge in [-0.15, -0.1) is 0 Å². The van der Waals surface area contributed by atoms with Crippen LogP contribution in [0.1, 0.15) is 0 Å². The van der Waals surface area contributed by atoms with E-state index >= 15 is 0 Å². The fraction of sp³-hybridized carbons (Fsp3) is 1.00. The number of hydrogen-bond donors (Lipinski definition) is 0. The van der Waals surface area contributed by atoms with Gasteiger partial charge in [0, 0.05) is 7.11 Å². The van der Waals surface area contributed by atoms with E-state index in [0.29, 0.717) is 39.6 Å². The Bertz CT molecular complexity index is 163. The lowest BCUT2D eigenvalue weighted by Crippen LogP contribution is -2.29. The molecule has 17 heavy (non-hydrogen) atoms. The molecule has 0 rings (SSSR count). The molecule has 104 valence electrons. The van der Waals surface area contributed by atoms with E-state index in [4.69, 9.17) is 22.8 Å². The lowest BCUT2D eigenvalue weighted by Gasteiger charge is -2.17. The van der Waals surface area contributed by atoms with Crippen LogP contribution >= 0.6 is 0 Å². The zero-order valence-electron chi connectivity index (χ0n) is 11.5. The summed E-state index contributed by atoms with van der Waals surface area (Å²) in [6, 6.07) is 0. The molecule has 0 fully saturated rings. The highest BCUT2D eigenvalue weighted by Gasteiger charge is 2.12. The molecule has 0 amide bonds. The molecule has 7 heteroatoms. The third-order valence-electron chi connectivity index (χ3n) is 1.75. The molecule has 0 spiro atoms. The zero-order valence-corrected chi connectivity index (χ0v) is 13.9. The quantitative estimate of drug-likeness (QED) is 0.386. The summed E-state index contributed by atoms with van der Waals surface area (Å²) in [7, 11) is -0.541. The van der Waals surface area contributed by atoms with Crippen LogP contribution in [-0.2, 0) is 22.8 Å². The van der Waals surface area contributed by atoms with E-state index in [1.165, 1.54) is 0 Å². The van der Waals surface area contributed by atoms with Crippen molar-refractivity contribution in [2.75, 3.05) is 46.8 Å². The maximum atomic E-state index is 5.66. The second kappa shape index (κ2) is 11.3. The predicted molar refractivity (Wildman–Crippen MR) is 72.4 cm³/mol. The van der Waals surface area contributed by atoms with Crippen LogP contribution in [0.4, 0.5) is 0 Å². The molecule has 0 atom stereocenters. The molecule has 0 bridgehead atoms. The minimum absolute atomic E-state index is 0.601. The minimum atomic E-state index is -1.39. The molecule has 0 saturated carbocycles. The number of rotatable bonds is 12. The van der Waals surface area contributed by atoms with E-state index in [0.717, 1.165) is 0 Å². The monoisotopic (exact) mass is 282 g/mol. The second-order valence-electron chi connectivity index (χ2n) is 4.50. The fourth-order valence-electron chi connectivity index (χ4n) is 0.859. The van der Waals surface area contributed by atoms with Crippen molar-refractivity contribution in [3.63, 3.8) is 0 Å². The molecular weight excluding hydrogens is 256 g/mol. The molecule has 0 N–H and O–H groups in total. The smallest absolute Gasteiger partial charge is 0.294 e. The van der Waals surface area contributed by atoms with Gasteiger partial charge in [-0.2, -0.15) is 0 Å². The Morgan fingerprint density at radius 2 is 1.35 bits per heavy atom. The minimum Gasteiger partial charge on any atom is -0.441 e. The van der Waals surface area contributed by atoms with Gasteiger partial charge in [-0.3, -0.25) is 0 Å². The Kier molecular flexibility index (Phi) is 11.5. The highest BCUT2D eigenvalue weighted by molar-refractivity contribution is 6.73. The van der Waals surface area contributed by atoms with Crippen LogP contribution in [0.5, 0.6) is 0 Å². The van der Waals surface area contributed by atoms with Gasteiger partial charge >= 0.3 is 0 Å². The lowest BCUT2D eigenvalue weighted by molar-refractivity contribution is 0.0173. The van der Waals surface area contributed by atoms with Gasteiger partial charge in [0.05, 0.1) is 39.6 Å². The van der Waals surface area contributed by atoms with Crippen molar-refractivity contribution >= 4 is 18.3 Å². The standard InChI is InChI=1S/C10H26O5Si2/c1-11-5-6-12-7-8-13-9-10-14-16-15-17(2,3)4/h5-10,16H2,1-4H3. The van der Waals surface area contributed by atoms with E-state index in [2.05, 4.69) is 19.6 Å². The first-order valence-electron chi connectivity index (χ1n) is 5.92. The third kappa shape index (κ3) is 16.2. The van der Waals surface area contributed by atoms with E-state index < -0.39 is 18.3 Å². The highest BCUT2D eigenvalue weighted by Crippen LogP contribution is 2.00. The Morgan fingerprint density at radius 3 is 1.88 bits per heavy atom. The topological polar surface area (TPSA) is 46.2 Å². The van der Waals surface area contributed by atoms with Gasteiger partial charge in [0.15, 0.2) is 8.32 Å². The average Bonchev–Trinajstić information content (AvgIpc) is 2.24. The summed E-state index contributed by atoms with van der Waals surface area (Å²) in [4.78, 5) is 0. The van der Waals surface area contributed by atoms with Crippen LogP contribution < -0.4 is 0 Å². The molecule has 5 nitrogen and oxygen atoms in total. The first-order valence-corrected chi connectivity index (χ1v) is 10.5. The zero-order chi connectivity index (χ0) is 13.0. The van der Waals surface area contributed by atoms with Crippen molar-refractivity contribution < 1.29 is 22.8 Å². The summed E-state index contributed by atoms with van der Waals surface area (Å²) in [5, 5.41) is 0. The number of methoxy groups -OCH3 is 1. The Balaban J connectivity index is 2.99. The largest absolute Gasteiger partial charge is 0.441 e. The normalized spacial score (nSPS) is 12.7. The maximum Gasteiger partial charge on any atom is 0.294 e. The summed E-state index contributed by atoms with van der Waals surface area (Å²) in [6.45, 7) is 10.2. The summed E-state index contributed by atoms with van der Waals surface area (Å²) >= 11 is 0. The van der Waals surface area contributed by atoms with Crippen molar-refractivity contribution in [3.05, 3.63) is 0 Å². The van der Waals surface area contributed by atoms with E-state index in [9.17, 15) is 0 Å². The average molecular weight is 282 g/mol. The van der Waals surface area contributed by atoms with Crippen molar-refractivity contribution in [2.45, 2.75) is 19.6 Å². The third-order valence-corrected chi connectivity index (χ3v) is 6.14. The summed E-state index contributed by atoms with van der Waals surface area (Å²) in [6.07, 6.45) is 0. The van der Waals surface area contributed by atoms with Crippen LogP contribution in [0.2, 0.25) is 19.6 Å². The van der Waals surface area contributed by atoms with Crippen LogP contribution in [0, 0.1) is 0 Å². The Hall–Kier alpha value is 0.234. The molecule has 0 radical (unpaired) electrons. The van der Waals surface area contributed by atoms with E-state index in [-0.39, 0.29) is 0 Å². The van der Waals surface area contributed by atoms with Gasteiger partial charge in [0.25, 0.3) is 10.0 Å². The molecule has 0 aromatic carbocycles. The van der Waals surface area contributed by atoms with E-state index in [1.54, 1.807) is 7.11 Å². The first kappa shape index (κ1) is 17.2. The van der Waals surface area contributed by atoms with Gasteiger partial charge in [0.2, 0.25) is 0 Å². The van der Waals surface area contributed by atoms with Crippen molar-refractivity contribution in [1.29, 1.82) is 0 Å². The van der Waals surface area contributed by atoms with Gasteiger partial charge in [-0.25, -0.2) is 0 Å². The molecular formula is C10H26O5Si2. The molecule has 0 aliphatic rings. The molecule has 0 unspecified atom stereocenters. The van der Waals surface area contributed by atoms with Gasteiger partial charge in [0.1, 0.15) is 0 Å². The number of hydrogen-bond acceptors (Lipinski definition) is 5. The van der Waals surface area contributed by atoms with Gasteiger partial charge in [-0.1, -0.05) is 0 Å². The maximum absolute atomic E-state index is 5.66. The molecule has 0 aliphatic heterocycles. The summed E-state index contributed by atoms with van der Waals surface area (Å²) < 4.78 is 26.5. The number of ether oxygens (including phenoxy) is 3. The SMILES string of the molecule is COCCOCCOCCO[SiH2]O[Si](C)(C)C. The second-order valence-corrected chi connectivity index (χ2v) is 10.5. The first-order chi connectivity index (χ1) is 8.06. The van der Waals surface area contributed by atoms with Crippen molar-refractivity contribution in [3.8, 4) is 0 Å². The van der Waals surface area contributed by atoms with Crippen LogP contribution in [0.15, 0.2) is 0 Å². The van der Waals surface area contributed by atoms with Crippen molar-refractivity contribution in [1.82, 2.24) is 0 Å². The van der Waals surface area contributed by atoms with Crippen LogP contribution in [0.3, 0.4) is 0 Å². The fourth-order valence-corrected chi connectivity index (χ4v) is 2.84. The summed E-state index contributed by atoms with van der Waals surface area (Å²) in [5.74, 6) is 0.